The smallest absolute Gasteiger partial charge is 0.254 e. The molecule has 29 heavy (non-hydrogen) atoms. The lowest BCUT2D eigenvalue weighted by Gasteiger charge is -2.30. The number of anilines is 1. The topological polar surface area (TPSA) is 54.5 Å². The van der Waals surface area contributed by atoms with Crippen molar-refractivity contribution in [3.63, 3.8) is 0 Å². The molecular formula is C24H25N3O2. The second-order valence-electron chi connectivity index (χ2n) is 7.21. The lowest BCUT2D eigenvalue weighted by atomic mass is 9.98. The number of benzene rings is 2. The van der Waals surface area contributed by atoms with Gasteiger partial charge in [0.15, 0.2) is 0 Å². The van der Waals surface area contributed by atoms with E-state index in [-0.39, 0.29) is 11.9 Å². The summed E-state index contributed by atoms with van der Waals surface area (Å²) >= 11 is 0. The number of carbonyl (C=O) groups excluding carboxylic acids is 1. The average Bonchev–Trinajstić information content (AvgIpc) is 2.79. The third-order valence-corrected chi connectivity index (χ3v) is 5.23. The highest BCUT2D eigenvalue weighted by atomic mass is 16.5. The van der Waals surface area contributed by atoms with Gasteiger partial charge in [0.05, 0.1) is 24.8 Å². The number of pyridine rings is 1. The van der Waals surface area contributed by atoms with Crippen LogP contribution in [0.1, 0.15) is 33.1 Å². The Morgan fingerprint density at radius 3 is 2.34 bits per heavy atom. The molecule has 0 saturated carbocycles. The second kappa shape index (κ2) is 8.88. The number of hydrogen-bond acceptors (Lipinski definition) is 4. The van der Waals surface area contributed by atoms with Crippen molar-refractivity contribution < 1.29 is 9.53 Å². The van der Waals surface area contributed by atoms with Crippen molar-refractivity contribution >= 4 is 11.6 Å². The fourth-order valence-corrected chi connectivity index (χ4v) is 3.63. The van der Waals surface area contributed by atoms with Gasteiger partial charge in [-0.25, -0.2) is 0 Å². The van der Waals surface area contributed by atoms with E-state index in [1.165, 1.54) is 5.56 Å². The Morgan fingerprint density at radius 2 is 1.62 bits per heavy atom. The van der Waals surface area contributed by atoms with Gasteiger partial charge >= 0.3 is 0 Å². The maximum atomic E-state index is 13.3. The van der Waals surface area contributed by atoms with Crippen molar-refractivity contribution in [3.8, 4) is 0 Å². The van der Waals surface area contributed by atoms with Crippen molar-refractivity contribution in [2.24, 2.45) is 0 Å². The second-order valence-corrected chi connectivity index (χ2v) is 7.21. The fourth-order valence-electron chi connectivity index (χ4n) is 3.63. The highest BCUT2D eigenvalue weighted by molar-refractivity contribution is 6.00. The standard InChI is InChI=1S/C24H25N3O2/c1-18-6-8-19(9-7-18)23(20-10-12-25-13-11-20)26-24(28)21-4-2-3-5-22(21)27-14-16-29-17-15-27/h2-13,23H,14-17H2,1H3,(H,26,28)/t23-/m1/s1. The molecule has 148 valence electrons. The van der Waals surface area contributed by atoms with Crippen molar-refractivity contribution in [3.05, 3.63) is 95.3 Å². The Balaban J connectivity index is 1.65. The Morgan fingerprint density at radius 1 is 0.966 bits per heavy atom. The van der Waals surface area contributed by atoms with E-state index < -0.39 is 0 Å². The summed E-state index contributed by atoms with van der Waals surface area (Å²) in [5, 5.41) is 3.24. The Kier molecular flexibility index (Phi) is 5.86. The van der Waals surface area contributed by atoms with Crippen molar-refractivity contribution in [2.45, 2.75) is 13.0 Å². The molecule has 3 aromatic rings. The first-order valence-corrected chi connectivity index (χ1v) is 9.91. The van der Waals surface area contributed by atoms with E-state index in [9.17, 15) is 4.79 Å². The first-order valence-electron chi connectivity index (χ1n) is 9.91. The number of aromatic nitrogens is 1. The van der Waals surface area contributed by atoms with Crippen LogP contribution in [0.15, 0.2) is 73.1 Å². The van der Waals surface area contributed by atoms with E-state index in [1.54, 1.807) is 12.4 Å². The third kappa shape index (κ3) is 4.46. The zero-order chi connectivity index (χ0) is 20.1. The fraction of sp³-hybridized carbons (Fsp3) is 0.250. The van der Waals surface area contributed by atoms with Crippen LogP contribution >= 0.6 is 0 Å². The number of nitrogens with zero attached hydrogens (tertiary/aromatic N) is 2. The van der Waals surface area contributed by atoms with Crippen LogP contribution in [-0.2, 0) is 4.74 Å². The maximum absolute atomic E-state index is 13.3. The minimum absolute atomic E-state index is 0.0884. The third-order valence-electron chi connectivity index (χ3n) is 5.23. The number of nitrogens with one attached hydrogen (secondary N) is 1. The van der Waals surface area contributed by atoms with Crippen LogP contribution in [0.2, 0.25) is 0 Å². The number of aryl methyl sites for hydroxylation is 1. The van der Waals surface area contributed by atoms with Crippen LogP contribution in [-0.4, -0.2) is 37.2 Å². The summed E-state index contributed by atoms with van der Waals surface area (Å²) < 4.78 is 5.46. The molecule has 0 aliphatic carbocycles. The summed E-state index contributed by atoms with van der Waals surface area (Å²) in [7, 11) is 0. The molecule has 1 aliphatic rings. The predicted molar refractivity (Wildman–Crippen MR) is 114 cm³/mol. The Hall–Kier alpha value is -3.18. The summed E-state index contributed by atoms with van der Waals surface area (Å²) in [6.45, 7) is 4.99. The maximum Gasteiger partial charge on any atom is 0.254 e. The molecule has 1 saturated heterocycles. The van der Waals surface area contributed by atoms with E-state index >= 15 is 0 Å². The van der Waals surface area contributed by atoms with Crippen LogP contribution in [0.25, 0.3) is 0 Å². The highest BCUT2D eigenvalue weighted by Gasteiger charge is 2.22. The first-order chi connectivity index (χ1) is 14.2. The van der Waals surface area contributed by atoms with Gasteiger partial charge in [-0.1, -0.05) is 42.0 Å². The van der Waals surface area contributed by atoms with Crippen LogP contribution in [0.3, 0.4) is 0 Å². The van der Waals surface area contributed by atoms with Gasteiger partial charge in [-0.15, -0.1) is 0 Å². The van der Waals surface area contributed by atoms with E-state index in [2.05, 4.69) is 46.4 Å². The molecule has 2 heterocycles. The van der Waals surface area contributed by atoms with Crippen LogP contribution in [0.5, 0.6) is 0 Å². The summed E-state index contributed by atoms with van der Waals surface area (Å²) in [6.07, 6.45) is 3.51. The number of para-hydroxylation sites is 1. The molecule has 5 heteroatoms. The summed E-state index contributed by atoms with van der Waals surface area (Å²) in [5.41, 5.74) is 4.86. The SMILES string of the molecule is Cc1ccc([C@@H](NC(=O)c2ccccc2N2CCOCC2)c2ccncc2)cc1. The lowest BCUT2D eigenvalue weighted by Crippen LogP contribution is -2.38. The van der Waals surface area contributed by atoms with E-state index in [0.717, 1.165) is 29.9 Å². The normalized spacial score (nSPS) is 15.0. The van der Waals surface area contributed by atoms with Gasteiger partial charge in [0.2, 0.25) is 0 Å². The van der Waals surface area contributed by atoms with Crippen molar-refractivity contribution in [1.29, 1.82) is 0 Å². The van der Waals surface area contributed by atoms with E-state index in [4.69, 9.17) is 4.74 Å². The number of morpholine rings is 1. The molecule has 0 bridgehead atoms. The van der Waals surface area contributed by atoms with Gasteiger partial charge < -0.3 is 15.0 Å². The molecule has 4 rings (SSSR count). The first kappa shape index (κ1) is 19.2. The van der Waals surface area contributed by atoms with Gasteiger partial charge in [0.1, 0.15) is 0 Å². The largest absolute Gasteiger partial charge is 0.378 e. The van der Waals surface area contributed by atoms with Crippen LogP contribution < -0.4 is 10.2 Å². The zero-order valence-electron chi connectivity index (χ0n) is 16.5. The summed E-state index contributed by atoms with van der Waals surface area (Å²) in [5.74, 6) is -0.0884. The zero-order valence-corrected chi connectivity index (χ0v) is 16.5. The number of ether oxygens (including phenoxy) is 1. The number of carbonyl (C=O) groups is 1. The molecule has 0 radical (unpaired) electrons. The summed E-state index contributed by atoms with van der Waals surface area (Å²) in [4.78, 5) is 19.7. The van der Waals surface area contributed by atoms with Gasteiger partial charge in [-0.3, -0.25) is 9.78 Å². The quantitative estimate of drug-likeness (QED) is 0.725. The minimum Gasteiger partial charge on any atom is -0.378 e. The monoisotopic (exact) mass is 387 g/mol. The van der Waals surface area contributed by atoms with Gasteiger partial charge in [-0.2, -0.15) is 0 Å². The van der Waals surface area contributed by atoms with Crippen LogP contribution in [0, 0.1) is 6.92 Å². The average molecular weight is 387 g/mol. The molecule has 5 nitrogen and oxygen atoms in total. The van der Waals surface area contributed by atoms with E-state index in [1.807, 2.05) is 36.4 Å². The Labute approximate surface area is 171 Å². The molecule has 2 aromatic carbocycles. The van der Waals surface area contributed by atoms with Crippen molar-refractivity contribution in [1.82, 2.24) is 10.3 Å². The lowest BCUT2D eigenvalue weighted by molar-refractivity contribution is 0.0941. The number of amides is 1. The van der Waals surface area contributed by atoms with Gasteiger partial charge in [0.25, 0.3) is 5.91 Å². The molecule has 1 amide bonds. The molecule has 1 atom stereocenters. The molecule has 1 N–H and O–H groups in total. The number of rotatable bonds is 5. The predicted octanol–water partition coefficient (Wildman–Crippen LogP) is 3.75. The molecule has 1 aromatic heterocycles. The van der Waals surface area contributed by atoms with Crippen molar-refractivity contribution in [2.75, 3.05) is 31.2 Å². The molecule has 0 spiro atoms. The molecule has 0 unspecified atom stereocenters. The Bertz CT molecular complexity index is 951. The molecular weight excluding hydrogens is 362 g/mol. The van der Waals surface area contributed by atoms with Gasteiger partial charge in [-0.05, 0) is 42.3 Å². The van der Waals surface area contributed by atoms with E-state index in [0.29, 0.717) is 18.8 Å². The van der Waals surface area contributed by atoms with Gasteiger partial charge in [0, 0.05) is 31.2 Å². The molecule has 1 aliphatic heterocycles. The van der Waals surface area contributed by atoms with Crippen LogP contribution in [0.4, 0.5) is 5.69 Å². The highest BCUT2D eigenvalue weighted by Crippen LogP contribution is 2.26. The molecule has 1 fully saturated rings. The number of hydrogen-bond donors (Lipinski definition) is 1. The minimum atomic E-state index is -0.246. The summed E-state index contributed by atoms with van der Waals surface area (Å²) in [6, 6.07) is 19.7.